The number of hydrogen-bond donors (Lipinski definition) is 2. The Labute approximate surface area is 135 Å². The predicted octanol–water partition coefficient (Wildman–Crippen LogP) is 1.97. The maximum Gasteiger partial charge on any atom is 0.244 e. The van der Waals surface area contributed by atoms with E-state index in [-0.39, 0.29) is 11.9 Å². The number of benzene rings is 2. The highest BCUT2D eigenvalue weighted by atomic mass is 16.3. The Morgan fingerprint density at radius 2 is 1.96 bits per heavy atom. The molecule has 2 atom stereocenters. The fourth-order valence-corrected chi connectivity index (χ4v) is 3.53. The average Bonchev–Trinajstić information content (AvgIpc) is 3.20. The molecule has 23 heavy (non-hydrogen) atoms. The number of nitrogens with zero attached hydrogens (tertiary/aromatic N) is 1. The SMILES string of the molecule is O=C([C@H]1C[C@H](O)CN1)N1CCc2cc(-c3ccccc3)ccc21. The van der Waals surface area contributed by atoms with Gasteiger partial charge in [0.1, 0.15) is 0 Å². The number of anilines is 1. The van der Waals surface area contributed by atoms with Crippen LogP contribution in [0.1, 0.15) is 12.0 Å². The van der Waals surface area contributed by atoms with E-state index >= 15 is 0 Å². The van der Waals surface area contributed by atoms with Gasteiger partial charge in [0.15, 0.2) is 0 Å². The van der Waals surface area contributed by atoms with E-state index in [1.807, 2.05) is 29.2 Å². The number of aliphatic hydroxyl groups is 1. The van der Waals surface area contributed by atoms with Crippen LogP contribution in [-0.2, 0) is 11.2 Å². The first-order chi connectivity index (χ1) is 11.2. The molecule has 0 saturated carbocycles. The minimum Gasteiger partial charge on any atom is -0.392 e. The van der Waals surface area contributed by atoms with Crippen LogP contribution in [-0.4, -0.2) is 36.2 Å². The molecule has 1 amide bonds. The van der Waals surface area contributed by atoms with Crippen molar-refractivity contribution in [1.29, 1.82) is 0 Å². The molecule has 2 aliphatic heterocycles. The van der Waals surface area contributed by atoms with Crippen LogP contribution >= 0.6 is 0 Å². The largest absolute Gasteiger partial charge is 0.392 e. The van der Waals surface area contributed by atoms with Crippen molar-refractivity contribution in [2.75, 3.05) is 18.0 Å². The number of hydrogen-bond acceptors (Lipinski definition) is 3. The number of rotatable bonds is 2. The molecule has 4 heteroatoms. The first-order valence-corrected chi connectivity index (χ1v) is 8.13. The lowest BCUT2D eigenvalue weighted by Gasteiger charge is -2.21. The zero-order valence-corrected chi connectivity index (χ0v) is 12.9. The van der Waals surface area contributed by atoms with E-state index in [0.29, 0.717) is 13.0 Å². The van der Waals surface area contributed by atoms with Gasteiger partial charge in [0, 0.05) is 18.8 Å². The highest BCUT2D eigenvalue weighted by Crippen LogP contribution is 2.33. The lowest BCUT2D eigenvalue weighted by molar-refractivity contribution is -0.120. The average molecular weight is 308 g/mol. The fraction of sp³-hybridized carbons (Fsp3) is 0.316. The van der Waals surface area contributed by atoms with Gasteiger partial charge in [0.2, 0.25) is 5.91 Å². The van der Waals surface area contributed by atoms with Crippen LogP contribution in [0.15, 0.2) is 48.5 Å². The molecule has 4 nitrogen and oxygen atoms in total. The number of aliphatic hydroxyl groups excluding tert-OH is 1. The van der Waals surface area contributed by atoms with Gasteiger partial charge in [0.25, 0.3) is 0 Å². The Morgan fingerprint density at radius 3 is 2.70 bits per heavy atom. The molecule has 2 aromatic rings. The van der Waals surface area contributed by atoms with E-state index in [1.165, 1.54) is 16.7 Å². The summed E-state index contributed by atoms with van der Waals surface area (Å²) in [6, 6.07) is 16.3. The molecule has 1 fully saturated rings. The summed E-state index contributed by atoms with van der Waals surface area (Å²) >= 11 is 0. The Hall–Kier alpha value is -2.17. The molecule has 2 heterocycles. The summed E-state index contributed by atoms with van der Waals surface area (Å²) < 4.78 is 0. The van der Waals surface area contributed by atoms with Gasteiger partial charge in [-0.15, -0.1) is 0 Å². The highest BCUT2D eigenvalue weighted by Gasteiger charge is 2.34. The van der Waals surface area contributed by atoms with Gasteiger partial charge in [0.05, 0.1) is 12.1 Å². The minimum absolute atomic E-state index is 0.0766. The molecule has 2 aromatic carbocycles. The van der Waals surface area contributed by atoms with Crippen LogP contribution in [0.4, 0.5) is 5.69 Å². The molecule has 0 unspecified atom stereocenters. The van der Waals surface area contributed by atoms with E-state index in [9.17, 15) is 9.90 Å². The second-order valence-electron chi connectivity index (χ2n) is 6.30. The van der Waals surface area contributed by atoms with Crippen molar-refractivity contribution in [2.45, 2.75) is 25.0 Å². The summed E-state index contributed by atoms with van der Waals surface area (Å²) in [5.74, 6) is 0.0766. The normalized spacial score (nSPS) is 23.1. The fourth-order valence-electron chi connectivity index (χ4n) is 3.53. The zero-order chi connectivity index (χ0) is 15.8. The lowest BCUT2D eigenvalue weighted by atomic mass is 10.0. The summed E-state index contributed by atoms with van der Waals surface area (Å²) in [6.45, 7) is 1.23. The Kier molecular flexibility index (Phi) is 3.63. The third-order valence-corrected chi connectivity index (χ3v) is 4.75. The molecular weight excluding hydrogens is 288 g/mol. The van der Waals surface area contributed by atoms with Gasteiger partial charge in [-0.25, -0.2) is 0 Å². The van der Waals surface area contributed by atoms with Gasteiger partial charge in [-0.3, -0.25) is 4.79 Å². The molecule has 0 aliphatic carbocycles. The summed E-state index contributed by atoms with van der Waals surface area (Å²) in [5, 5.41) is 12.7. The van der Waals surface area contributed by atoms with Gasteiger partial charge >= 0.3 is 0 Å². The molecule has 0 bridgehead atoms. The maximum atomic E-state index is 12.7. The second-order valence-corrected chi connectivity index (χ2v) is 6.30. The van der Waals surface area contributed by atoms with Gasteiger partial charge in [-0.2, -0.15) is 0 Å². The molecule has 1 saturated heterocycles. The number of carbonyl (C=O) groups is 1. The van der Waals surface area contributed by atoms with Crippen LogP contribution in [0.25, 0.3) is 11.1 Å². The minimum atomic E-state index is -0.411. The number of carbonyl (C=O) groups excluding carboxylic acids is 1. The van der Waals surface area contributed by atoms with Crippen LogP contribution in [0, 0.1) is 0 Å². The van der Waals surface area contributed by atoms with Crippen LogP contribution in [0.5, 0.6) is 0 Å². The first-order valence-electron chi connectivity index (χ1n) is 8.13. The number of nitrogens with one attached hydrogen (secondary N) is 1. The molecule has 0 radical (unpaired) electrons. The molecule has 2 N–H and O–H groups in total. The quantitative estimate of drug-likeness (QED) is 0.892. The molecule has 2 aliphatic rings. The van der Waals surface area contributed by atoms with Crippen molar-refractivity contribution < 1.29 is 9.90 Å². The summed E-state index contributed by atoms with van der Waals surface area (Å²) in [5.41, 5.74) is 4.62. The van der Waals surface area contributed by atoms with Crippen LogP contribution in [0.3, 0.4) is 0 Å². The summed E-state index contributed by atoms with van der Waals surface area (Å²) in [7, 11) is 0. The van der Waals surface area contributed by atoms with Gasteiger partial charge in [-0.05, 0) is 41.7 Å². The van der Waals surface area contributed by atoms with E-state index in [4.69, 9.17) is 0 Å². The molecule has 4 rings (SSSR count). The summed E-state index contributed by atoms with van der Waals surface area (Å²) in [4.78, 5) is 14.5. The Morgan fingerprint density at radius 1 is 1.13 bits per heavy atom. The van der Waals surface area contributed by atoms with Gasteiger partial charge < -0.3 is 15.3 Å². The standard InChI is InChI=1S/C19H20N2O2/c22-16-11-17(20-12-16)19(23)21-9-8-15-10-14(6-7-18(15)21)13-4-2-1-3-5-13/h1-7,10,16-17,20,22H,8-9,11-12H2/t16-,17+/m0/s1. The molecule has 0 spiro atoms. The van der Waals surface area contributed by atoms with E-state index in [1.54, 1.807) is 0 Å². The van der Waals surface area contributed by atoms with Crippen molar-refractivity contribution in [1.82, 2.24) is 5.32 Å². The smallest absolute Gasteiger partial charge is 0.244 e. The third kappa shape index (κ3) is 2.64. The Balaban J connectivity index is 1.59. The molecule has 118 valence electrons. The lowest BCUT2D eigenvalue weighted by Crippen LogP contribution is -2.42. The highest BCUT2D eigenvalue weighted by molar-refractivity contribution is 5.99. The maximum absolute atomic E-state index is 12.7. The number of amides is 1. The molecular formula is C19H20N2O2. The zero-order valence-electron chi connectivity index (χ0n) is 12.9. The van der Waals surface area contributed by atoms with Crippen LogP contribution < -0.4 is 10.2 Å². The van der Waals surface area contributed by atoms with E-state index < -0.39 is 6.10 Å². The summed E-state index contributed by atoms with van der Waals surface area (Å²) in [6.07, 6.45) is 0.982. The van der Waals surface area contributed by atoms with Crippen LogP contribution in [0.2, 0.25) is 0 Å². The second kappa shape index (κ2) is 5.80. The number of β-amino-alcohol motifs (C(OH)–C–C–N with tert-alkyl or cyclic N) is 1. The van der Waals surface area contributed by atoms with E-state index in [0.717, 1.165) is 18.7 Å². The number of fused-ring (bicyclic) bond motifs is 1. The van der Waals surface area contributed by atoms with Gasteiger partial charge in [-0.1, -0.05) is 36.4 Å². The molecule has 0 aromatic heterocycles. The van der Waals surface area contributed by atoms with Crippen molar-refractivity contribution >= 4 is 11.6 Å². The Bertz CT molecular complexity index is 729. The topological polar surface area (TPSA) is 52.6 Å². The van der Waals surface area contributed by atoms with Crippen molar-refractivity contribution in [3.8, 4) is 11.1 Å². The predicted molar refractivity (Wildman–Crippen MR) is 90.3 cm³/mol. The monoisotopic (exact) mass is 308 g/mol. The van der Waals surface area contributed by atoms with Crippen molar-refractivity contribution in [2.24, 2.45) is 0 Å². The first kappa shape index (κ1) is 14.4. The van der Waals surface area contributed by atoms with E-state index in [2.05, 4.69) is 29.6 Å². The third-order valence-electron chi connectivity index (χ3n) is 4.75. The van der Waals surface area contributed by atoms with Crippen molar-refractivity contribution in [3.63, 3.8) is 0 Å². The van der Waals surface area contributed by atoms with Crippen molar-refractivity contribution in [3.05, 3.63) is 54.1 Å².